The maximum Gasteiger partial charge on any atom is 0.235 e. The summed E-state index contributed by atoms with van der Waals surface area (Å²) in [6.07, 6.45) is 1.47. The van der Waals surface area contributed by atoms with E-state index in [9.17, 15) is 16.8 Å². The zero-order valence-electron chi connectivity index (χ0n) is 13.0. The molecule has 0 atom stereocenters. The first-order chi connectivity index (χ1) is 10.2. The third-order valence-electron chi connectivity index (χ3n) is 3.74. The topological polar surface area (TPSA) is 83.6 Å². The molecule has 1 aromatic carbocycles. The summed E-state index contributed by atoms with van der Waals surface area (Å²) >= 11 is 0. The highest BCUT2D eigenvalue weighted by atomic mass is 32.2. The molecule has 1 heterocycles. The van der Waals surface area contributed by atoms with Crippen LogP contribution >= 0.6 is 0 Å². The highest BCUT2D eigenvalue weighted by Crippen LogP contribution is 2.32. The predicted molar refractivity (Wildman–Crippen MR) is 89.2 cm³/mol. The fourth-order valence-electron chi connectivity index (χ4n) is 2.35. The molecule has 0 spiro atoms. The second-order valence-corrected chi connectivity index (χ2v) is 10.0. The van der Waals surface area contributed by atoms with E-state index in [1.165, 1.54) is 4.31 Å². The smallest absolute Gasteiger partial charge is 0.235 e. The minimum Gasteiger partial charge on any atom is -0.283 e. The summed E-state index contributed by atoms with van der Waals surface area (Å²) in [5.41, 5.74) is 1.98. The molecule has 0 radical (unpaired) electrons. The van der Waals surface area contributed by atoms with Gasteiger partial charge >= 0.3 is 0 Å². The lowest BCUT2D eigenvalue weighted by Gasteiger charge is -2.30. The maximum absolute atomic E-state index is 12.1. The summed E-state index contributed by atoms with van der Waals surface area (Å²) in [7, 11) is -6.71. The van der Waals surface area contributed by atoms with Crippen LogP contribution in [0.5, 0.6) is 0 Å². The Kier molecular flexibility index (Phi) is 4.72. The number of nitrogens with one attached hydrogen (secondary N) is 1. The van der Waals surface area contributed by atoms with Crippen molar-refractivity contribution in [1.82, 2.24) is 0 Å². The molecule has 22 heavy (non-hydrogen) atoms. The Labute approximate surface area is 132 Å². The zero-order chi connectivity index (χ0) is 16.5. The maximum atomic E-state index is 12.1. The largest absolute Gasteiger partial charge is 0.283 e. The molecular formula is C14H22N2O4S2. The average Bonchev–Trinajstić information content (AvgIpc) is 2.45. The lowest BCUT2D eigenvalue weighted by molar-refractivity contribution is 0.587. The summed E-state index contributed by atoms with van der Waals surface area (Å²) in [6, 6.07) is 5.02. The summed E-state index contributed by atoms with van der Waals surface area (Å²) in [5, 5.41) is -0.527. The van der Waals surface area contributed by atoms with Crippen molar-refractivity contribution >= 4 is 31.4 Å². The molecule has 0 aromatic heterocycles. The normalized spacial score (nSPS) is 15.7. The van der Waals surface area contributed by atoms with Crippen LogP contribution in [-0.4, -0.2) is 34.4 Å². The van der Waals surface area contributed by atoms with Gasteiger partial charge in [0.15, 0.2) is 0 Å². The third-order valence-corrected chi connectivity index (χ3v) is 7.28. The number of benzene rings is 1. The van der Waals surface area contributed by atoms with Crippen molar-refractivity contribution in [2.24, 2.45) is 0 Å². The molecule has 124 valence electrons. The molecule has 0 bridgehead atoms. The Hall–Kier alpha value is -1.28. The van der Waals surface area contributed by atoms with Crippen LogP contribution in [0.1, 0.15) is 32.8 Å². The van der Waals surface area contributed by atoms with Crippen LogP contribution in [0.3, 0.4) is 0 Å². The number of anilines is 2. The van der Waals surface area contributed by atoms with Gasteiger partial charge in [-0.3, -0.25) is 9.03 Å². The fraction of sp³-hybridized carbons (Fsp3) is 0.571. The van der Waals surface area contributed by atoms with Gasteiger partial charge in [0.25, 0.3) is 0 Å². The Morgan fingerprint density at radius 1 is 1.23 bits per heavy atom. The number of rotatable bonds is 5. The van der Waals surface area contributed by atoms with Crippen molar-refractivity contribution in [3.8, 4) is 0 Å². The predicted octanol–water partition coefficient (Wildman–Crippen LogP) is 1.94. The Morgan fingerprint density at radius 3 is 2.50 bits per heavy atom. The van der Waals surface area contributed by atoms with E-state index < -0.39 is 25.3 Å². The van der Waals surface area contributed by atoms with Gasteiger partial charge in [-0.1, -0.05) is 0 Å². The van der Waals surface area contributed by atoms with E-state index in [0.29, 0.717) is 17.9 Å². The molecule has 0 fully saturated rings. The van der Waals surface area contributed by atoms with Crippen LogP contribution in [0.15, 0.2) is 18.2 Å². The van der Waals surface area contributed by atoms with E-state index in [2.05, 4.69) is 4.72 Å². The molecule has 0 aliphatic carbocycles. The number of hydrogen-bond acceptors (Lipinski definition) is 4. The van der Waals surface area contributed by atoms with Gasteiger partial charge in [-0.05, 0) is 57.4 Å². The SMILES string of the molecule is CCS(=O)(=O)N1CCCc2cc(NS(=O)(=O)C(C)C)ccc21. The monoisotopic (exact) mass is 346 g/mol. The second kappa shape index (κ2) is 6.08. The average molecular weight is 346 g/mol. The molecule has 0 saturated heterocycles. The van der Waals surface area contributed by atoms with Crippen molar-refractivity contribution in [1.29, 1.82) is 0 Å². The van der Waals surface area contributed by atoms with E-state index in [0.717, 1.165) is 18.4 Å². The molecule has 8 heteroatoms. The molecule has 1 N–H and O–H groups in total. The lowest BCUT2D eigenvalue weighted by atomic mass is 10.0. The van der Waals surface area contributed by atoms with Crippen LogP contribution in [-0.2, 0) is 26.5 Å². The van der Waals surface area contributed by atoms with Crippen molar-refractivity contribution < 1.29 is 16.8 Å². The van der Waals surface area contributed by atoms with E-state index in [1.54, 1.807) is 39.0 Å². The Morgan fingerprint density at radius 2 is 1.91 bits per heavy atom. The molecule has 6 nitrogen and oxygen atoms in total. The molecule has 1 aliphatic rings. The Bertz CT molecular complexity index is 755. The van der Waals surface area contributed by atoms with Crippen molar-refractivity contribution in [2.75, 3.05) is 21.3 Å². The number of sulfonamides is 2. The first kappa shape index (κ1) is 17.1. The third kappa shape index (κ3) is 3.38. The van der Waals surface area contributed by atoms with E-state index >= 15 is 0 Å². The molecule has 0 amide bonds. The molecule has 1 aromatic rings. The highest BCUT2D eigenvalue weighted by molar-refractivity contribution is 7.93. The minimum absolute atomic E-state index is 0.0498. The molecule has 2 rings (SSSR count). The minimum atomic E-state index is -3.41. The lowest BCUT2D eigenvalue weighted by Crippen LogP contribution is -2.36. The van der Waals surface area contributed by atoms with Gasteiger partial charge in [0.05, 0.1) is 16.7 Å². The number of nitrogens with zero attached hydrogens (tertiary/aromatic N) is 1. The van der Waals surface area contributed by atoms with Gasteiger partial charge in [0.2, 0.25) is 20.0 Å². The van der Waals surface area contributed by atoms with Gasteiger partial charge < -0.3 is 0 Å². The van der Waals surface area contributed by atoms with Crippen molar-refractivity contribution in [3.63, 3.8) is 0 Å². The van der Waals surface area contributed by atoms with E-state index in [1.807, 2.05) is 0 Å². The van der Waals surface area contributed by atoms with Gasteiger partial charge in [0, 0.05) is 12.2 Å². The summed E-state index contributed by atoms with van der Waals surface area (Å²) in [5.74, 6) is 0.0498. The number of fused-ring (bicyclic) bond motifs is 1. The van der Waals surface area contributed by atoms with Gasteiger partial charge in [-0.2, -0.15) is 0 Å². The first-order valence-electron chi connectivity index (χ1n) is 7.32. The van der Waals surface area contributed by atoms with Crippen LogP contribution < -0.4 is 9.03 Å². The standard InChI is InChI=1S/C14H22N2O4S2/c1-4-21(17,18)16-9-5-6-12-10-13(7-8-14(12)16)15-22(19,20)11(2)3/h7-8,10-11,15H,4-6,9H2,1-3H3. The quantitative estimate of drug-likeness (QED) is 0.883. The summed E-state index contributed by atoms with van der Waals surface area (Å²) < 4.78 is 52.1. The molecule has 0 saturated carbocycles. The molecule has 1 aliphatic heterocycles. The van der Waals surface area contributed by atoms with Crippen LogP contribution in [0.2, 0.25) is 0 Å². The molecular weight excluding hydrogens is 324 g/mol. The van der Waals surface area contributed by atoms with Gasteiger partial charge in [0.1, 0.15) is 0 Å². The summed E-state index contributed by atoms with van der Waals surface area (Å²) in [4.78, 5) is 0. The van der Waals surface area contributed by atoms with Crippen LogP contribution in [0.4, 0.5) is 11.4 Å². The van der Waals surface area contributed by atoms with Crippen molar-refractivity contribution in [3.05, 3.63) is 23.8 Å². The first-order valence-corrected chi connectivity index (χ1v) is 10.5. The molecule has 0 unspecified atom stereocenters. The summed E-state index contributed by atoms with van der Waals surface area (Å²) in [6.45, 7) is 5.31. The number of hydrogen-bond donors (Lipinski definition) is 1. The zero-order valence-corrected chi connectivity index (χ0v) is 14.7. The van der Waals surface area contributed by atoms with Gasteiger partial charge in [-0.15, -0.1) is 0 Å². The van der Waals surface area contributed by atoms with Crippen molar-refractivity contribution in [2.45, 2.75) is 38.9 Å². The second-order valence-electron chi connectivity index (χ2n) is 5.62. The van der Waals surface area contributed by atoms with Gasteiger partial charge in [-0.25, -0.2) is 16.8 Å². The fourth-order valence-corrected chi connectivity index (χ4v) is 4.24. The Balaban J connectivity index is 2.37. The highest BCUT2D eigenvalue weighted by Gasteiger charge is 2.26. The number of aryl methyl sites for hydroxylation is 1. The van der Waals surface area contributed by atoms with E-state index in [-0.39, 0.29) is 5.75 Å². The van der Waals surface area contributed by atoms with E-state index in [4.69, 9.17) is 0 Å². The van der Waals surface area contributed by atoms with Crippen LogP contribution in [0, 0.1) is 0 Å². The van der Waals surface area contributed by atoms with Crippen LogP contribution in [0.25, 0.3) is 0 Å².